The van der Waals surface area contributed by atoms with Crippen LogP contribution in [0.2, 0.25) is 0 Å². The van der Waals surface area contributed by atoms with Gasteiger partial charge < -0.3 is 12.5 Å². The van der Waals surface area contributed by atoms with Gasteiger partial charge in [0.2, 0.25) is 0 Å². The van der Waals surface area contributed by atoms with E-state index < -0.39 is 18.3 Å². The van der Waals surface area contributed by atoms with Crippen LogP contribution in [0.4, 0.5) is 13.2 Å². The first-order chi connectivity index (χ1) is 12.2. The van der Waals surface area contributed by atoms with Gasteiger partial charge in [0.25, 0.3) is 5.56 Å². The molecule has 0 bridgehead atoms. The van der Waals surface area contributed by atoms with Crippen LogP contribution in [0.1, 0.15) is 19.4 Å². The van der Waals surface area contributed by atoms with Crippen LogP contribution in [0.5, 0.6) is 5.75 Å². The summed E-state index contributed by atoms with van der Waals surface area (Å²) < 4.78 is 40.6. The molecule has 3 rings (SSSR count). The quantitative estimate of drug-likeness (QED) is 0.562. The molecule has 9 heteroatoms. The molecule has 2 aromatic heterocycles. The van der Waals surface area contributed by atoms with Crippen molar-refractivity contribution in [3.8, 4) is 16.9 Å². The Morgan fingerprint density at radius 3 is 2.29 bits per heavy atom. The minimum absolute atomic E-state index is 0. The molecule has 0 amide bonds. The first kappa shape index (κ1) is 26.3. The Balaban J connectivity index is 0.00000177. The van der Waals surface area contributed by atoms with E-state index in [4.69, 9.17) is 0 Å². The summed E-state index contributed by atoms with van der Waals surface area (Å²) in [5.41, 5.74) is 0.0174. The molecule has 151 valence electrons. The largest absolute Gasteiger partial charge is 0.505 e. The molecule has 1 radical (unpaired) electrons. The molecule has 28 heavy (non-hydrogen) atoms. The second-order valence-electron chi connectivity index (χ2n) is 5.55. The molecule has 0 unspecified atom stereocenters. The molecule has 0 saturated heterocycles. The summed E-state index contributed by atoms with van der Waals surface area (Å²) in [6.45, 7) is 4.27. The number of aryl methyl sites for hydroxylation is 2. The van der Waals surface area contributed by atoms with Crippen molar-refractivity contribution in [1.29, 1.82) is 0 Å². The zero-order valence-corrected chi connectivity index (χ0v) is 19.3. The number of aromatic hydroxyl groups is 1. The molecule has 0 aliphatic heterocycles. The molecule has 0 saturated carbocycles. The van der Waals surface area contributed by atoms with E-state index in [9.17, 15) is 23.1 Å². The van der Waals surface area contributed by atoms with Gasteiger partial charge in [0, 0.05) is 39.8 Å². The zero-order valence-electron chi connectivity index (χ0n) is 16.5. The average Bonchev–Trinajstić information content (AvgIpc) is 2.96. The van der Waals surface area contributed by atoms with Crippen molar-refractivity contribution in [3.05, 3.63) is 53.8 Å². The number of pyridine rings is 1. The predicted molar refractivity (Wildman–Crippen MR) is 101 cm³/mol. The number of nitrogens with zero attached hydrogens (tertiary/aromatic N) is 3. The predicted octanol–water partition coefficient (Wildman–Crippen LogP) is 4.45. The molecular formula is C19H23F3N3O2Y-. The molecule has 1 aromatic carbocycles. The third kappa shape index (κ3) is 5.03. The number of hydrogen-bond donors (Lipinski definition) is 1. The molecule has 0 aliphatic carbocycles. The molecule has 1 N–H and O–H groups in total. The van der Waals surface area contributed by atoms with E-state index in [1.807, 2.05) is 13.8 Å². The number of benzene rings is 1. The zero-order chi connectivity index (χ0) is 19.6. The van der Waals surface area contributed by atoms with Crippen LogP contribution in [0.3, 0.4) is 0 Å². The van der Waals surface area contributed by atoms with Gasteiger partial charge in [-0.1, -0.05) is 38.1 Å². The fraction of sp³-hybridized carbons (Fsp3) is 0.316. The smallest absolute Gasteiger partial charge is 0.406 e. The Bertz CT molecular complexity index is 994. The summed E-state index contributed by atoms with van der Waals surface area (Å²) in [5.74, 6) is -0.372. The third-order valence-corrected chi connectivity index (χ3v) is 3.88. The molecule has 0 atom stereocenters. The average molecular weight is 471 g/mol. The van der Waals surface area contributed by atoms with Gasteiger partial charge in [-0.15, -0.1) is 0 Å². The fourth-order valence-electron chi connectivity index (χ4n) is 2.79. The number of fused-ring (bicyclic) bond motifs is 1. The van der Waals surface area contributed by atoms with Gasteiger partial charge in [0.05, 0.1) is 17.3 Å². The molecule has 0 fully saturated rings. The van der Waals surface area contributed by atoms with Gasteiger partial charge in [-0.05, 0) is 18.1 Å². The van der Waals surface area contributed by atoms with Crippen molar-refractivity contribution in [1.82, 2.24) is 14.3 Å². The Hall–Kier alpha value is -1.67. The number of rotatable bonds is 2. The normalized spacial score (nSPS) is 10.5. The monoisotopic (exact) mass is 471 g/mol. The van der Waals surface area contributed by atoms with E-state index >= 15 is 0 Å². The van der Waals surface area contributed by atoms with Crippen molar-refractivity contribution >= 4 is 11.0 Å². The van der Waals surface area contributed by atoms with E-state index in [-0.39, 0.29) is 62.5 Å². The van der Waals surface area contributed by atoms with Gasteiger partial charge >= 0.3 is 6.18 Å². The van der Waals surface area contributed by atoms with Crippen LogP contribution in [0.25, 0.3) is 22.2 Å². The van der Waals surface area contributed by atoms with Crippen LogP contribution >= 0.6 is 0 Å². The van der Waals surface area contributed by atoms with E-state index in [2.05, 4.69) is 5.10 Å². The van der Waals surface area contributed by atoms with Crippen molar-refractivity contribution in [2.24, 2.45) is 7.05 Å². The van der Waals surface area contributed by atoms with E-state index in [1.54, 1.807) is 31.2 Å². The Kier molecular flexibility index (Phi) is 9.60. The maximum absolute atomic E-state index is 12.9. The number of aromatic nitrogens is 3. The minimum atomic E-state index is -4.58. The maximum Gasteiger partial charge on any atom is 0.406 e. The molecular weight excluding hydrogens is 448 g/mol. The Morgan fingerprint density at radius 2 is 1.75 bits per heavy atom. The van der Waals surface area contributed by atoms with Gasteiger partial charge in [-0.25, -0.2) is 0 Å². The van der Waals surface area contributed by atoms with Crippen LogP contribution in [-0.2, 0) is 46.3 Å². The van der Waals surface area contributed by atoms with Crippen LogP contribution in [-0.4, -0.2) is 25.6 Å². The van der Waals surface area contributed by atoms with E-state index in [1.165, 1.54) is 11.7 Å². The summed E-state index contributed by atoms with van der Waals surface area (Å²) in [5, 5.41) is 14.4. The van der Waals surface area contributed by atoms with Gasteiger partial charge in [0.1, 0.15) is 12.1 Å². The summed E-state index contributed by atoms with van der Waals surface area (Å²) in [6.07, 6.45) is -3.43. The topological polar surface area (TPSA) is 60.1 Å². The first-order valence-corrected chi connectivity index (χ1v) is 8.11. The Morgan fingerprint density at radius 1 is 1.18 bits per heavy atom. The van der Waals surface area contributed by atoms with Crippen molar-refractivity contribution in [2.75, 3.05) is 0 Å². The third-order valence-electron chi connectivity index (χ3n) is 3.88. The first-order valence-electron chi connectivity index (χ1n) is 8.11. The van der Waals surface area contributed by atoms with Crippen LogP contribution in [0, 0.1) is 14.4 Å². The molecule has 3 aromatic rings. The molecule has 2 heterocycles. The second-order valence-corrected chi connectivity index (χ2v) is 5.55. The SMILES string of the molecule is CC.Cc1ccccc1-c1c(O)c2c(cnn2C)n(CC(F)(F)F)c1=O.[CH3-].[Y]. The van der Waals surface area contributed by atoms with Crippen molar-refractivity contribution in [2.45, 2.75) is 33.5 Å². The van der Waals surface area contributed by atoms with E-state index in [0.29, 0.717) is 15.7 Å². The van der Waals surface area contributed by atoms with Gasteiger partial charge in [-0.2, -0.15) is 18.3 Å². The fourth-order valence-corrected chi connectivity index (χ4v) is 2.79. The summed E-state index contributed by atoms with van der Waals surface area (Å²) in [4.78, 5) is 12.7. The molecule has 5 nitrogen and oxygen atoms in total. The second kappa shape index (κ2) is 10.2. The summed E-state index contributed by atoms with van der Waals surface area (Å²) in [7, 11) is 1.49. The molecule has 0 aliphatic rings. The van der Waals surface area contributed by atoms with Crippen LogP contribution < -0.4 is 5.56 Å². The summed E-state index contributed by atoms with van der Waals surface area (Å²) >= 11 is 0. The van der Waals surface area contributed by atoms with Crippen LogP contribution in [0.15, 0.2) is 35.3 Å². The Labute approximate surface area is 187 Å². The standard InChI is InChI=1S/C16H14F3N3O2.C2H6.CH3.Y/c1-9-5-3-4-6-10(9)12-14(23)13-11(7-20-21(13)2)22(15(12)24)8-16(17,18)19;1-2;;/h3-7,23H,8H2,1-2H3;1-2H3;1H3;/q;;-1;. The minimum Gasteiger partial charge on any atom is -0.505 e. The van der Waals surface area contributed by atoms with E-state index in [0.717, 1.165) is 6.20 Å². The summed E-state index contributed by atoms with van der Waals surface area (Å²) in [6, 6.07) is 6.71. The van der Waals surface area contributed by atoms with Crippen molar-refractivity contribution < 1.29 is 51.0 Å². The number of hydrogen-bond acceptors (Lipinski definition) is 3. The van der Waals surface area contributed by atoms with Gasteiger partial charge in [0.15, 0.2) is 5.75 Å². The maximum atomic E-state index is 12.9. The molecule has 0 spiro atoms. The van der Waals surface area contributed by atoms with Gasteiger partial charge in [-0.3, -0.25) is 14.0 Å². The van der Waals surface area contributed by atoms with Crippen molar-refractivity contribution in [3.63, 3.8) is 0 Å². The number of alkyl halides is 3. The number of halogens is 3.